The smallest absolute Gasteiger partial charge is 0.0108 e. The minimum atomic E-state index is 1.14. The second-order valence-corrected chi connectivity index (χ2v) is 3.11. The SMILES string of the molecule is C1CNCCN1.CCl.c1ccsc1. The van der Waals surface area contributed by atoms with Crippen LogP contribution in [0.3, 0.4) is 0 Å². The maximum Gasteiger partial charge on any atom is 0.0108 e. The van der Waals surface area contributed by atoms with E-state index in [0.29, 0.717) is 0 Å². The number of halogens is 1. The van der Waals surface area contributed by atoms with Gasteiger partial charge in [-0.05, 0) is 10.8 Å². The van der Waals surface area contributed by atoms with E-state index in [0.717, 1.165) is 26.2 Å². The molecule has 1 saturated heterocycles. The van der Waals surface area contributed by atoms with Gasteiger partial charge in [0.15, 0.2) is 0 Å². The molecule has 1 aliphatic heterocycles. The molecule has 2 rings (SSSR count). The summed E-state index contributed by atoms with van der Waals surface area (Å²) in [6, 6.07) is 4.04. The molecule has 76 valence electrons. The van der Waals surface area contributed by atoms with Crippen LogP contribution < -0.4 is 10.6 Å². The van der Waals surface area contributed by atoms with Gasteiger partial charge in [-0.15, -0.1) is 11.6 Å². The molecule has 0 saturated carbocycles. The van der Waals surface area contributed by atoms with Crippen molar-refractivity contribution < 1.29 is 0 Å². The summed E-state index contributed by atoms with van der Waals surface area (Å²) in [6.45, 7) is 4.56. The number of hydrogen-bond donors (Lipinski definition) is 2. The van der Waals surface area contributed by atoms with Crippen LogP contribution in [0.4, 0.5) is 0 Å². The molecule has 0 atom stereocenters. The molecule has 2 nitrogen and oxygen atoms in total. The molecular weight excluding hydrogens is 204 g/mol. The van der Waals surface area contributed by atoms with Crippen LogP contribution in [0, 0.1) is 0 Å². The monoisotopic (exact) mass is 220 g/mol. The molecule has 1 aliphatic rings. The highest BCUT2D eigenvalue weighted by Gasteiger charge is 1.91. The molecule has 0 aliphatic carbocycles. The van der Waals surface area contributed by atoms with Crippen LogP contribution in [-0.4, -0.2) is 32.6 Å². The Hall–Kier alpha value is -0.0900. The molecule has 0 amide bonds. The molecule has 4 heteroatoms. The molecule has 0 bridgehead atoms. The number of hydrogen-bond acceptors (Lipinski definition) is 3. The molecule has 0 radical (unpaired) electrons. The summed E-state index contributed by atoms with van der Waals surface area (Å²) in [6.07, 6.45) is 1.47. The average molecular weight is 221 g/mol. The number of rotatable bonds is 0. The fourth-order valence-electron chi connectivity index (χ4n) is 0.830. The molecule has 1 fully saturated rings. The van der Waals surface area contributed by atoms with Crippen molar-refractivity contribution in [1.82, 2.24) is 10.6 Å². The second-order valence-electron chi connectivity index (χ2n) is 2.29. The van der Waals surface area contributed by atoms with Gasteiger partial charge >= 0.3 is 0 Å². The van der Waals surface area contributed by atoms with Crippen LogP contribution in [0.5, 0.6) is 0 Å². The second kappa shape index (κ2) is 11.9. The molecule has 0 unspecified atom stereocenters. The summed E-state index contributed by atoms with van der Waals surface area (Å²) in [4.78, 5) is 0. The predicted octanol–water partition coefficient (Wildman–Crippen LogP) is 1.78. The maximum atomic E-state index is 4.64. The van der Waals surface area contributed by atoms with Gasteiger partial charge in [-0.25, -0.2) is 0 Å². The number of nitrogens with one attached hydrogen (secondary N) is 2. The van der Waals surface area contributed by atoms with E-state index in [-0.39, 0.29) is 0 Å². The van der Waals surface area contributed by atoms with E-state index in [1.54, 1.807) is 11.3 Å². The van der Waals surface area contributed by atoms with Crippen molar-refractivity contribution >= 4 is 22.9 Å². The van der Waals surface area contributed by atoms with Crippen LogP contribution >= 0.6 is 22.9 Å². The lowest BCUT2D eigenvalue weighted by Gasteiger charge is -2.11. The largest absolute Gasteiger partial charge is 0.314 e. The van der Waals surface area contributed by atoms with Crippen LogP contribution in [-0.2, 0) is 0 Å². The van der Waals surface area contributed by atoms with E-state index < -0.39 is 0 Å². The van der Waals surface area contributed by atoms with Gasteiger partial charge in [-0.1, -0.05) is 12.1 Å². The highest BCUT2D eigenvalue weighted by molar-refractivity contribution is 7.07. The summed E-state index contributed by atoms with van der Waals surface area (Å²) >= 11 is 6.35. The lowest BCUT2D eigenvalue weighted by Crippen LogP contribution is -2.39. The third-order valence-corrected chi connectivity index (χ3v) is 2.01. The molecule has 1 aromatic heterocycles. The average Bonchev–Trinajstić information content (AvgIpc) is 2.82. The lowest BCUT2D eigenvalue weighted by atomic mass is 10.4. The quantitative estimate of drug-likeness (QED) is 0.652. The summed E-state index contributed by atoms with van der Waals surface area (Å²) < 4.78 is 0. The number of thiophene rings is 1. The van der Waals surface area contributed by atoms with Crippen molar-refractivity contribution in [3.63, 3.8) is 0 Å². The fraction of sp³-hybridized carbons (Fsp3) is 0.556. The maximum absolute atomic E-state index is 4.64. The van der Waals surface area contributed by atoms with E-state index >= 15 is 0 Å². The Labute approximate surface area is 89.3 Å². The highest BCUT2D eigenvalue weighted by Crippen LogP contribution is 1.91. The van der Waals surface area contributed by atoms with Crippen molar-refractivity contribution in [2.75, 3.05) is 32.6 Å². The Morgan fingerprint density at radius 3 is 1.46 bits per heavy atom. The summed E-state index contributed by atoms with van der Waals surface area (Å²) in [5.41, 5.74) is 0. The van der Waals surface area contributed by atoms with Gasteiger partial charge in [-0.3, -0.25) is 0 Å². The van der Waals surface area contributed by atoms with Gasteiger partial charge in [0.05, 0.1) is 0 Å². The molecule has 0 spiro atoms. The molecule has 2 heterocycles. The fourth-order valence-corrected chi connectivity index (χ4v) is 1.28. The van der Waals surface area contributed by atoms with E-state index in [1.807, 2.05) is 22.9 Å². The normalized spacial score (nSPS) is 14.6. The summed E-state index contributed by atoms with van der Waals surface area (Å²) in [5.74, 6) is 0. The van der Waals surface area contributed by atoms with Crippen molar-refractivity contribution in [1.29, 1.82) is 0 Å². The van der Waals surface area contributed by atoms with Crippen molar-refractivity contribution in [3.8, 4) is 0 Å². The Morgan fingerprint density at radius 1 is 0.923 bits per heavy atom. The summed E-state index contributed by atoms with van der Waals surface area (Å²) in [7, 11) is 0. The molecule has 13 heavy (non-hydrogen) atoms. The topological polar surface area (TPSA) is 24.1 Å². The van der Waals surface area contributed by atoms with E-state index in [9.17, 15) is 0 Å². The van der Waals surface area contributed by atoms with E-state index in [4.69, 9.17) is 0 Å². The first-order chi connectivity index (χ1) is 6.50. The van der Waals surface area contributed by atoms with Crippen LogP contribution in [0.25, 0.3) is 0 Å². The zero-order valence-electron chi connectivity index (χ0n) is 7.92. The predicted molar refractivity (Wildman–Crippen MR) is 61.8 cm³/mol. The van der Waals surface area contributed by atoms with Gasteiger partial charge in [-0.2, -0.15) is 11.3 Å². The van der Waals surface area contributed by atoms with Crippen molar-refractivity contribution in [2.24, 2.45) is 0 Å². The first kappa shape index (κ1) is 12.9. The lowest BCUT2D eigenvalue weighted by molar-refractivity contribution is 0.534. The molecule has 1 aromatic rings. The van der Waals surface area contributed by atoms with Crippen LogP contribution in [0.15, 0.2) is 22.9 Å². The standard InChI is InChI=1S/C4H10N2.C4H4S.CH3Cl/c1-2-6-4-3-5-1;1-2-4-5-3-1;1-2/h5-6H,1-4H2;1-4H;1H3. The van der Waals surface area contributed by atoms with Gasteiger partial charge in [0.25, 0.3) is 0 Å². The molecular formula is C9H17ClN2S. The highest BCUT2D eigenvalue weighted by atomic mass is 35.5. The van der Waals surface area contributed by atoms with Gasteiger partial charge in [0, 0.05) is 32.6 Å². The third kappa shape index (κ3) is 9.83. The Bertz CT molecular complexity index is 124. The Kier molecular flexibility index (Phi) is 11.8. The van der Waals surface area contributed by atoms with Crippen molar-refractivity contribution in [3.05, 3.63) is 22.9 Å². The van der Waals surface area contributed by atoms with Crippen LogP contribution in [0.1, 0.15) is 0 Å². The zero-order chi connectivity index (χ0) is 9.78. The van der Waals surface area contributed by atoms with Crippen LogP contribution in [0.2, 0.25) is 0 Å². The third-order valence-electron chi connectivity index (χ3n) is 1.38. The Balaban J connectivity index is 0.000000189. The molecule has 0 aromatic carbocycles. The van der Waals surface area contributed by atoms with Gasteiger partial charge < -0.3 is 10.6 Å². The minimum Gasteiger partial charge on any atom is -0.314 e. The first-order valence-electron chi connectivity index (χ1n) is 4.26. The van der Waals surface area contributed by atoms with Gasteiger partial charge in [0.1, 0.15) is 0 Å². The summed E-state index contributed by atoms with van der Waals surface area (Å²) in [5, 5.41) is 10.5. The van der Waals surface area contributed by atoms with E-state index in [2.05, 4.69) is 22.2 Å². The zero-order valence-corrected chi connectivity index (χ0v) is 9.50. The number of piperazine rings is 1. The first-order valence-corrected chi connectivity index (χ1v) is 5.96. The van der Waals surface area contributed by atoms with Gasteiger partial charge in [0.2, 0.25) is 0 Å². The minimum absolute atomic E-state index is 1.14. The number of alkyl halides is 1. The molecule has 2 N–H and O–H groups in total. The Morgan fingerprint density at radius 2 is 1.31 bits per heavy atom. The van der Waals surface area contributed by atoms with E-state index in [1.165, 1.54) is 6.38 Å². The van der Waals surface area contributed by atoms with Crippen molar-refractivity contribution in [2.45, 2.75) is 0 Å².